The number of nitro groups is 1. The maximum atomic E-state index is 10.9. The second-order valence-corrected chi connectivity index (χ2v) is 3.30. The highest BCUT2D eigenvalue weighted by Gasteiger charge is 2.25. The normalized spacial score (nSPS) is 17.5. The van der Waals surface area contributed by atoms with Gasteiger partial charge in [-0.05, 0) is 13.8 Å². The van der Waals surface area contributed by atoms with Gasteiger partial charge in [-0.15, -0.1) is 0 Å². The summed E-state index contributed by atoms with van der Waals surface area (Å²) in [5, 5.41) is 21.5. The Bertz CT molecular complexity index is 422. The molecule has 92 valence electrons. The van der Waals surface area contributed by atoms with Crippen molar-refractivity contribution in [2.75, 3.05) is 13.2 Å². The summed E-state index contributed by atoms with van der Waals surface area (Å²) < 4.78 is 5.14. The molecule has 0 heterocycles. The fourth-order valence-corrected chi connectivity index (χ4v) is 1.33. The Labute approximate surface area is 99.3 Å². The first-order chi connectivity index (χ1) is 8.10. The molecule has 6 heteroatoms. The molecule has 2 N–H and O–H groups in total. The topological polar surface area (TPSA) is 88.2 Å². The Hall–Kier alpha value is -2.11. The van der Waals surface area contributed by atoms with Gasteiger partial charge in [0.15, 0.2) is 5.76 Å². The first-order valence-electron chi connectivity index (χ1n) is 5.33. The van der Waals surface area contributed by atoms with E-state index in [1.54, 1.807) is 13.1 Å². The lowest BCUT2D eigenvalue weighted by atomic mass is 10.0. The van der Waals surface area contributed by atoms with Gasteiger partial charge in [0.2, 0.25) is 0 Å². The van der Waals surface area contributed by atoms with Gasteiger partial charge in [-0.25, -0.2) is 0 Å². The van der Waals surface area contributed by atoms with Crippen LogP contribution in [0.25, 0.3) is 0 Å². The lowest BCUT2D eigenvalue weighted by molar-refractivity contribution is -0.424. The number of ether oxygens (including phenoxy) is 1. The van der Waals surface area contributed by atoms with Crippen molar-refractivity contribution in [1.82, 2.24) is 5.32 Å². The fraction of sp³-hybridized carbons (Fsp3) is 0.364. The van der Waals surface area contributed by atoms with Gasteiger partial charge < -0.3 is 15.5 Å². The standard InChI is InChI=1S/C11H15N3O3/c1-3-13-7-8-5-10(14(15)16)11(17-4-2)6-9(8)12/h5-7,12-13H,3-4H2,1-2H3/b8-7-,12-9?. The molecule has 0 aromatic carbocycles. The number of rotatable bonds is 5. The molecule has 0 saturated carbocycles. The van der Waals surface area contributed by atoms with Gasteiger partial charge in [-0.1, -0.05) is 0 Å². The van der Waals surface area contributed by atoms with Gasteiger partial charge in [0.05, 0.1) is 17.2 Å². The molecule has 0 amide bonds. The van der Waals surface area contributed by atoms with Gasteiger partial charge in [-0.2, -0.15) is 0 Å². The highest BCUT2D eigenvalue weighted by molar-refractivity contribution is 6.10. The minimum atomic E-state index is -0.506. The highest BCUT2D eigenvalue weighted by atomic mass is 16.6. The number of hydrogen-bond donors (Lipinski definition) is 2. The van der Waals surface area contributed by atoms with Gasteiger partial charge >= 0.3 is 5.70 Å². The second kappa shape index (κ2) is 5.83. The maximum absolute atomic E-state index is 10.9. The molecule has 1 rings (SSSR count). The van der Waals surface area contributed by atoms with Crippen LogP contribution in [0.1, 0.15) is 13.8 Å². The van der Waals surface area contributed by atoms with Crippen LogP contribution in [0.3, 0.4) is 0 Å². The average molecular weight is 237 g/mol. The fourth-order valence-electron chi connectivity index (χ4n) is 1.33. The average Bonchev–Trinajstić information content (AvgIpc) is 2.28. The van der Waals surface area contributed by atoms with E-state index in [2.05, 4.69) is 5.32 Å². The van der Waals surface area contributed by atoms with Crippen LogP contribution in [-0.4, -0.2) is 23.8 Å². The van der Waals surface area contributed by atoms with Crippen molar-refractivity contribution >= 4 is 5.71 Å². The Morgan fingerprint density at radius 2 is 2.24 bits per heavy atom. The van der Waals surface area contributed by atoms with Crippen molar-refractivity contribution < 1.29 is 9.66 Å². The first-order valence-corrected chi connectivity index (χ1v) is 5.33. The molecule has 0 radical (unpaired) electrons. The maximum Gasteiger partial charge on any atom is 0.311 e. The van der Waals surface area contributed by atoms with Gasteiger partial charge in [-0.3, -0.25) is 10.1 Å². The molecule has 6 nitrogen and oxygen atoms in total. The van der Waals surface area contributed by atoms with Crippen molar-refractivity contribution in [3.63, 3.8) is 0 Å². The molecule has 0 aromatic rings. The van der Waals surface area contributed by atoms with E-state index < -0.39 is 4.92 Å². The summed E-state index contributed by atoms with van der Waals surface area (Å²) >= 11 is 0. The van der Waals surface area contributed by atoms with Crippen molar-refractivity contribution in [2.24, 2.45) is 0 Å². The summed E-state index contributed by atoms with van der Waals surface area (Å²) in [6.45, 7) is 4.67. The van der Waals surface area contributed by atoms with Crippen LogP contribution in [-0.2, 0) is 4.74 Å². The minimum Gasteiger partial charge on any atom is -0.487 e. The smallest absolute Gasteiger partial charge is 0.311 e. The molecule has 0 spiro atoms. The molecule has 0 atom stereocenters. The molecular formula is C11H15N3O3. The van der Waals surface area contributed by atoms with Crippen molar-refractivity contribution in [3.05, 3.63) is 45.5 Å². The number of hydrogen-bond acceptors (Lipinski definition) is 5. The summed E-state index contributed by atoms with van der Waals surface area (Å²) in [5.41, 5.74) is 0.550. The third-order valence-electron chi connectivity index (χ3n) is 2.09. The number of nitrogens with one attached hydrogen (secondary N) is 2. The first kappa shape index (κ1) is 13.0. The molecule has 0 aromatic heterocycles. The summed E-state index contributed by atoms with van der Waals surface area (Å²) in [7, 11) is 0. The largest absolute Gasteiger partial charge is 0.487 e. The molecule has 1 aliphatic rings. The lowest BCUT2D eigenvalue weighted by Gasteiger charge is -2.12. The van der Waals surface area contributed by atoms with Gasteiger partial charge in [0.25, 0.3) is 0 Å². The summed E-state index contributed by atoms with van der Waals surface area (Å²) in [4.78, 5) is 10.4. The Kier molecular flexibility index (Phi) is 4.45. The van der Waals surface area contributed by atoms with Crippen LogP contribution < -0.4 is 5.32 Å². The third-order valence-corrected chi connectivity index (χ3v) is 2.09. The second-order valence-electron chi connectivity index (χ2n) is 3.30. The van der Waals surface area contributed by atoms with E-state index >= 15 is 0 Å². The molecule has 0 unspecified atom stereocenters. The minimum absolute atomic E-state index is 0.119. The quantitative estimate of drug-likeness (QED) is 0.561. The number of nitrogens with zero attached hydrogens (tertiary/aromatic N) is 1. The van der Waals surface area contributed by atoms with Crippen molar-refractivity contribution in [1.29, 1.82) is 5.41 Å². The summed E-state index contributed by atoms with van der Waals surface area (Å²) in [5.74, 6) is 0.135. The van der Waals surface area contributed by atoms with Crippen LogP contribution in [0.2, 0.25) is 0 Å². The van der Waals surface area contributed by atoms with Crippen LogP contribution in [0.5, 0.6) is 0 Å². The molecular weight excluding hydrogens is 222 g/mol. The van der Waals surface area contributed by atoms with Crippen molar-refractivity contribution in [2.45, 2.75) is 13.8 Å². The summed E-state index contributed by atoms with van der Waals surface area (Å²) in [6, 6.07) is 0. The third kappa shape index (κ3) is 3.17. The van der Waals surface area contributed by atoms with Gasteiger partial charge in [0, 0.05) is 30.5 Å². The van der Waals surface area contributed by atoms with E-state index in [4.69, 9.17) is 10.1 Å². The van der Waals surface area contributed by atoms with E-state index in [-0.39, 0.29) is 17.2 Å². The Morgan fingerprint density at radius 3 is 2.76 bits per heavy atom. The molecule has 0 aliphatic heterocycles. The monoisotopic (exact) mass is 237 g/mol. The van der Waals surface area contributed by atoms with E-state index in [0.717, 1.165) is 0 Å². The zero-order valence-electron chi connectivity index (χ0n) is 9.82. The lowest BCUT2D eigenvalue weighted by Crippen LogP contribution is -2.16. The molecule has 0 bridgehead atoms. The predicted octanol–water partition coefficient (Wildman–Crippen LogP) is 1.59. The van der Waals surface area contributed by atoms with Crippen LogP contribution in [0, 0.1) is 15.5 Å². The van der Waals surface area contributed by atoms with Crippen LogP contribution >= 0.6 is 0 Å². The van der Waals surface area contributed by atoms with Crippen molar-refractivity contribution in [3.8, 4) is 0 Å². The summed E-state index contributed by atoms with van der Waals surface area (Å²) in [6.07, 6.45) is 4.30. The Morgan fingerprint density at radius 1 is 1.53 bits per heavy atom. The number of allylic oxidation sites excluding steroid dienone is 3. The molecule has 0 saturated heterocycles. The van der Waals surface area contributed by atoms with E-state index in [1.807, 2.05) is 6.92 Å². The molecule has 0 fully saturated rings. The zero-order chi connectivity index (χ0) is 12.8. The Balaban J connectivity index is 3.05. The van der Waals surface area contributed by atoms with E-state index in [1.165, 1.54) is 12.2 Å². The van der Waals surface area contributed by atoms with Crippen LogP contribution in [0.4, 0.5) is 0 Å². The van der Waals surface area contributed by atoms with Gasteiger partial charge in [0.1, 0.15) is 0 Å². The molecule has 17 heavy (non-hydrogen) atoms. The van der Waals surface area contributed by atoms with E-state index in [9.17, 15) is 10.1 Å². The highest BCUT2D eigenvalue weighted by Crippen LogP contribution is 2.21. The van der Waals surface area contributed by atoms with E-state index in [0.29, 0.717) is 18.7 Å². The predicted molar refractivity (Wildman–Crippen MR) is 64.3 cm³/mol. The zero-order valence-corrected chi connectivity index (χ0v) is 9.82. The SMILES string of the molecule is CCN/C=C1/C=C([N+](=O)[O-])C(OCC)=CC1=N. The molecule has 1 aliphatic carbocycles. The van der Waals surface area contributed by atoms with Crippen LogP contribution in [0.15, 0.2) is 35.4 Å².